The number of carbonyl (C=O) groups excluding carboxylic acids is 1. The molecule has 0 saturated heterocycles. The Morgan fingerprint density at radius 3 is 1.76 bits per heavy atom. The van der Waals surface area contributed by atoms with Crippen LogP contribution < -0.4 is 0 Å². The molecular formula is C23H39NO. The number of rotatable bonds is 16. The number of Topliss-reactive ketones (excluding diaryl/α,β-unsaturated/α-hetero) is 1. The highest BCUT2D eigenvalue weighted by Crippen LogP contribution is 2.14. The normalized spacial score (nSPS) is 11.0. The van der Waals surface area contributed by atoms with Crippen LogP contribution in [0.4, 0.5) is 0 Å². The molecule has 1 rings (SSSR count). The Kier molecular flexibility index (Phi) is 13.2. The maximum Gasteiger partial charge on any atom is 0.164 e. The van der Waals surface area contributed by atoms with E-state index in [0.29, 0.717) is 6.42 Å². The summed E-state index contributed by atoms with van der Waals surface area (Å²) >= 11 is 0. The summed E-state index contributed by atoms with van der Waals surface area (Å²) in [5.74, 6) is 0.254. The van der Waals surface area contributed by atoms with Crippen LogP contribution in [-0.2, 0) is 0 Å². The van der Waals surface area contributed by atoms with Gasteiger partial charge in [0, 0.05) is 23.9 Å². The Morgan fingerprint density at radius 1 is 0.800 bits per heavy atom. The molecule has 0 N–H and O–H groups in total. The fourth-order valence-electron chi connectivity index (χ4n) is 3.39. The first-order valence-electron chi connectivity index (χ1n) is 10.7. The van der Waals surface area contributed by atoms with Gasteiger partial charge in [0.25, 0.3) is 0 Å². The lowest BCUT2D eigenvalue weighted by Crippen LogP contribution is -2.02. The Bertz CT molecular complexity index is 455. The van der Waals surface area contributed by atoms with Crippen LogP contribution in [0.3, 0.4) is 0 Å². The average molecular weight is 346 g/mol. The molecular weight excluding hydrogens is 306 g/mol. The van der Waals surface area contributed by atoms with E-state index in [1.165, 1.54) is 83.5 Å². The largest absolute Gasteiger partial charge is 0.294 e. The van der Waals surface area contributed by atoms with Gasteiger partial charge in [0.15, 0.2) is 5.78 Å². The second kappa shape index (κ2) is 15.1. The average Bonchev–Trinajstić information content (AvgIpc) is 2.62. The molecule has 1 aromatic rings. The van der Waals surface area contributed by atoms with E-state index in [2.05, 4.69) is 11.9 Å². The number of aryl methyl sites for hydroxylation is 1. The highest BCUT2D eigenvalue weighted by atomic mass is 16.1. The molecule has 0 aliphatic rings. The molecule has 0 aromatic carbocycles. The molecule has 142 valence electrons. The van der Waals surface area contributed by atoms with Crippen LogP contribution in [0.1, 0.15) is 119 Å². The standard InChI is InChI=1S/C23H39NO/c1-3-4-5-6-7-8-9-10-11-12-13-14-15-16-19-23(25)22-18-17-20-24-21(22)2/h17-18,20H,3-16,19H2,1-2H3. The molecule has 0 aliphatic carbocycles. The molecule has 0 saturated carbocycles. The predicted octanol–water partition coefficient (Wildman–Crippen LogP) is 7.44. The van der Waals surface area contributed by atoms with Crippen molar-refractivity contribution >= 4 is 5.78 Å². The fourth-order valence-corrected chi connectivity index (χ4v) is 3.39. The van der Waals surface area contributed by atoms with Gasteiger partial charge >= 0.3 is 0 Å². The van der Waals surface area contributed by atoms with Gasteiger partial charge in [-0.15, -0.1) is 0 Å². The molecule has 0 amide bonds. The molecule has 0 bridgehead atoms. The van der Waals surface area contributed by atoms with Gasteiger partial charge in [-0.2, -0.15) is 0 Å². The number of ketones is 1. The summed E-state index contributed by atoms with van der Waals surface area (Å²) in [6.45, 7) is 4.19. The van der Waals surface area contributed by atoms with Crippen molar-refractivity contribution in [3.63, 3.8) is 0 Å². The van der Waals surface area contributed by atoms with Crippen LogP contribution in [0.5, 0.6) is 0 Å². The smallest absolute Gasteiger partial charge is 0.164 e. The van der Waals surface area contributed by atoms with Crippen molar-refractivity contribution in [1.29, 1.82) is 0 Å². The van der Waals surface area contributed by atoms with Crippen molar-refractivity contribution in [3.8, 4) is 0 Å². The van der Waals surface area contributed by atoms with E-state index >= 15 is 0 Å². The minimum Gasteiger partial charge on any atom is -0.294 e. The molecule has 0 unspecified atom stereocenters. The first-order valence-corrected chi connectivity index (χ1v) is 10.7. The Balaban J connectivity index is 1.86. The van der Waals surface area contributed by atoms with E-state index in [1.807, 2.05) is 19.1 Å². The van der Waals surface area contributed by atoms with E-state index < -0.39 is 0 Å². The van der Waals surface area contributed by atoms with Crippen molar-refractivity contribution in [2.45, 2.75) is 110 Å². The van der Waals surface area contributed by atoms with Gasteiger partial charge in [0.1, 0.15) is 0 Å². The monoisotopic (exact) mass is 345 g/mol. The molecule has 2 heteroatoms. The maximum absolute atomic E-state index is 12.1. The summed E-state index contributed by atoms with van der Waals surface area (Å²) in [4.78, 5) is 16.3. The second-order valence-electron chi connectivity index (χ2n) is 7.41. The van der Waals surface area contributed by atoms with Gasteiger partial charge in [-0.05, 0) is 25.5 Å². The van der Waals surface area contributed by atoms with E-state index in [9.17, 15) is 4.79 Å². The van der Waals surface area contributed by atoms with Crippen LogP contribution in [0, 0.1) is 6.92 Å². The molecule has 1 aromatic heterocycles. The van der Waals surface area contributed by atoms with E-state index in [4.69, 9.17) is 0 Å². The molecule has 25 heavy (non-hydrogen) atoms. The zero-order valence-electron chi connectivity index (χ0n) is 16.7. The number of hydrogen-bond donors (Lipinski definition) is 0. The van der Waals surface area contributed by atoms with Crippen LogP contribution in [0.25, 0.3) is 0 Å². The van der Waals surface area contributed by atoms with Gasteiger partial charge in [-0.25, -0.2) is 0 Å². The number of unbranched alkanes of at least 4 members (excludes halogenated alkanes) is 13. The highest BCUT2D eigenvalue weighted by Gasteiger charge is 2.08. The summed E-state index contributed by atoms with van der Waals surface area (Å²) in [5.41, 5.74) is 1.66. The lowest BCUT2D eigenvalue weighted by molar-refractivity contribution is 0.0978. The number of hydrogen-bond acceptors (Lipinski definition) is 2. The van der Waals surface area contributed by atoms with Crippen LogP contribution in [0.15, 0.2) is 18.3 Å². The Hall–Kier alpha value is -1.18. The van der Waals surface area contributed by atoms with E-state index in [0.717, 1.165) is 17.7 Å². The molecule has 1 heterocycles. The Labute approximate surface area is 155 Å². The third kappa shape index (κ3) is 11.1. The van der Waals surface area contributed by atoms with Gasteiger partial charge in [0.2, 0.25) is 0 Å². The zero-order chi connectivity index (χ0) is 18.2. The molecule has 0 radical (unpaired) electrons. The fraction of sp³-hybridized carbons (Fsp3) is 0.739. The Morgan fingerprint density at radius 2 is 1.28 bits per heavy atom. The number of nitrogens with zero attached hydrogens (tertiary/aromatic N) is 1. The molecule has 2 nitrogen and oxygen atoms in total. The lowest BCUT2D eigenvalue weighted by atomic mass is 10.0. The summed E-state index contributed by atoms with van der Waals surface area (Å²) in [6, 6.07) is 3.75. The second-order valence-corrected chi connectivity index (χ2v) is 7.41. The zero-order valence-corrected chi connectivity index (χ0v) is 16.7. The first kappa shape index (κ1) is 21.9. The van der Waals surface area contributed by atoms with Crippen LogP contribution in [-0.4, -0.2) is 10.8 Å². The molecule has 0 atom stereocenters. The van der Waals surface area contributed by atoms with Crippen LogP contribution in [0.2, 0.25) is 0 Å². The minimum absolute atomic E-state index is 0.254. The lowest BCUT2D eigenvalue weighted by Gasteiger charge is -2.04. The molecule has 0 fully saturated rings. The quantitative estimate of drug-likeness (QED) is 0.230. The van der Waals surface area contributed by atoms with Crippen molar-refractivity contribution < 1.29 is 4.79 Å². The van der Waals surface area contributed by atoms with Gasteiger partial charge in [-0.3, -0.25) is 9.78 Å². The topological polar surface area (TPSA) is 30.0 Å². The van der Waals surface area contributed by atoms with E-state index in [1.54, 1.807) is 6.20 Å². The van der Waals surface area contributed by atoms with Gasteiger partial charge < -0.3 is 0 Å². The van der Waals surface area contributed by atoms with Gasteiger partial charge in [0.05, 0.1) is 0 Å². The summed E-state index contributed by atoms with van der Waals surface area (Å²) < 4.78 is 0. The summed E-state index contributed by atoms with van der Waals surface area (Å²) in [5, 5.41) is 0. The highest BCUT2D eigenvalue weighted by molar-refractivity contribution is 5.96. The molecule has 0 spiro atoms. The first-order chi connectivity index (χ1) is 12.3. The minimum atomic E-state index is 0.254. The number of aromatic nitrogens is 1. The van der Waals surface area contributed by atoms with Crippen LogP contribution >= 0.6 is 0 Å². The van der Waals surface area contributed by atoms with Crippen molar-refractivity contribution in [2.24, 2.45) is 0 Å². The third-order valence-corrected chi connectivity index (χ3v) is 5.06. The van der Waals surface area contributed by atoms with Gasteiger partial charge in [-0.1, -0.05) is 90.4 Å². The van der Waals surface area contributed by atoms with E-state index in [-0.39, 0.29) is 5.78 Å². The maximum atomic E-state index is 12.1. The third-order valence-electron chi connectivity index (χ3n) is 5.06. The summed E-state index contributed by atoms with van der Waals surface area (Å²) in [6.07, 6.45) is 21.3. The van der Waals surface area contributed by atoms with Crippen molar-refractivity contribution in [2.75, 3.05) is 0 Å². The SMILES string of the molecule is CCCCCCCCCCCCCCCCC(=O)c1cccnc1C. The summed E-state index contributed by atoms with van der Waals surface area (Å²) in [7, 11) is 0. The predicted molar refractivity (Wildman–Crippen MR) is 108 cm³/mol. The number of pyridine rings is 1. The molecule has 0 aliphatic heterocycles. The number of carbonyl (C=O) groups is 1. The van der Waals surface area contributed by atoms with Crippen molar-refractivity contribution in [3.05, 3.63) is 29.6 Å². The van der Waals surface area contributed by atoms with Crippen molar-refractivity contribution in [1.82, 2.24) is 4.98 Å².